The first-order valence-corrected chi connectivity index (χ1v) is 9.37. The second kappa shape index (κ2) is 6.90. The SMILES string of the molecule is CCC(=O)N1CCC(c2ccc3c(C)nn(-c4ccccc4)c3n2)CC1. The Balaban J connectivity index is 1.65. The van der Waals surface area contributed by atoms with Crippen LogP contribution in [0, 0.1) is 6.92 Å². The summed E-state index contributed by atoms with van der Waals surface area (Å²) in [5.74, 6) is 0.657. The van der Waals surface area contributed by atoms with Gasteiger partial charge in [-0.1, -0.05) is 25.1 Å². The zero-order chi connectivity index (χ0) is 18.1. The van der Waals surface area contributed by atoms with E-state index in [0.717, 1.165) is 54.0 Å². The van der Waals surface area contributed by atoms with E-state index in [-0.39, 0.29) is 5.91 Å². The van der Waals surface area contributed by atoms with Crippen LogP contribution in [0.25, 0.3) is 16.7 Å². The molecule has 1 aromatic carbocycles. The van der Waals surface area contributed by atoms with Crippen LogP contribution in [0.2, 0.25) is 0 Å². The minimum atomic E-state index is 0.254. The van der Waals surface area contributed by atoms with Crippen LogP contribution in [0.1, 0.15) is 43.5 Å². The molecule has 1 aliphatic rings. The third-order valence-corrected chi connectivity index (χ3v) is 5.31. The van der Waals surface area contributed by atoms with Gasteiger partial charge in [0.25, 0.3) is 0 Å². The lowest BCUT2D eigenvalue weighted by molar-refractivity contribution is -0.131. The molecule has 0 N–H and O–H groups in total. The summed E-state index contributed by atoms with van der Waals surface area (Å²) >= 11 is 0. The van der Waals surface area contributed by atoms with Crippen LogP contribution in [-0.4, -0.2) is 38.7 Å². The minimum absolute atomic E-state index is 0.254. The summed E-state index contributed by atoms with van der Waals surface area (Å²) in [5.41, 5.74) is 4.04. The largest absolute Gasteiger partial charge is 0.343 e. The van der Waals surface area contributed by atoms with Crippen LogP contribution in [0.15, 0.2) is 42.5 Å². The molecular formula is C21H24N4O. The smallest absolute Gasteiger partial charge is 0.222 e. The quantitative estimate of drug-likeness (QED) is 0.722. The molecule has 5 heteroatoms. The van der Waals surface area contributed by atoms with Crippen molar-refractivity contribution >= 4 is 16.9 Å². The second-order valence-electron chi connectivity index (χ2n) is 6.95. The number of amides is 1. The van der Waals surface area contributed by atoms with E-state index >= 15 is 0 Å². The zero-order valence-electron chi connectivity index (χ0n) is 15.4. The number of likely N-dealkylation sites (tertiary alicyclic amines) is 1. The summed E-state index contributed by atoms with van der Waals surface area (Å²) in [4.78, 5) is 18.9. The van der Waals surface area contributed by atoms with E-state index < -0.39 is 0 Å². The number of hydrogen-bond donors (Lipinski definition) is 0. The summed E-state index contributed by atoms with van der Waals surface area (Å²) in [6.07, 6.45) is 2.54. The highest BCUT2D eigenvalue weighted by molar-refractivity contribution is 5.80. The number of carbonyl (C=O) groups is 1. The molecule has 1 amide bonds. The first kappa shape index (κ1) is 16.8. The Hall–Kier alpha value is -2.69. The molecule has 0 spiro atoms. The van der Waals surface area contributed by atoms with Gasteiger partial charge in [0.15, 0.2) is 5.65 Å². The molecule has 0 bridgehead atoms. The summed E-state index contributed by atoms with van der Waals surface area (Å²) in [7, 11) is 0. The lowest BCUT2D eigenvalue weighted by Crippen LogP contribution is -2.37. The second-order valence-corrected chi connectivity index (χ2v) is 6.95. The highest BCUT2D eigenvalue weighted by atomic mass is 16.2. The molecule has 5 nitrogen and oxygen atoms in total. The summed E-state index contributed by atoms with van der Waals surface area (Å²) in [6.45, 7) is 5.61. The summed E-state index contributed by atoms with van der Waals surface area (Å²) in [6, 6.07) is 14.4. The average Bonchev–Trinajstić information content (AvgIpc) is 3.04. The fourth-order valence-electron chi connectivity index (χ4n) is 3.78. The Kier molecular flexibility index (Phi) is 4.45. The van der Waals surface area contributed by atoms with E-state index in [9.17, 15) is 4.79 Å². The maximum atomic E-state index is 11.9. The highest BCUT2D eigenvalue weighted by Gasteiger charge is 2.24. The molecule has 4 rings (SSSR count). The summed E-state index contributed by atoms with van der Waals surface area (Å²) in [5, 5.41) is 5.79. The van der Waals surface area contributed by atoms with E-state index in [1.165, 1.54) is 0 Å². The third kappa shape index (κ3) is 2.98. The van der Waals surface area contributed by atoms with E-state index in [1.807, 2.05) is 41.6 Å². The first-order chi connectivity index (χ1) is 12.7. The number of benzene rings is 1. The van der Waals surface area contributed by atoms with Crippen molar-refractivity contribution in [1.29, 1.82) is 0 Å². The molecule has 3 aromatic rings. The maximum absolute atomic E-state index is 11.9. The molecule has 0 atom stereocenters. The van der Waals surface area contributed by atoms with Gasteiger partial charge in [0, 0.05) is 36.5 Å². The average molecular weight is 348 g/mol. The molecule has 3 heterocycles. The van der Waals surface area contributed by atoms with Gasteiger partial charge >= 0.3 is 0 Å². The maximum Gasteiger partial charge on any atom is 0.222 e. The predicted octanol–water partition coefficient (Wildman–Crippen LogP) is 3.84. The van der Waals surface area contributed by atoms with Crippen molar-refractivity contribution in [3.8, 4) is 5.69 Å². The van der Waals surface area contributed by atoms with Crippen LogP contribution in [-0.2, 0) is 4.79 Å². The number of nitrogens with zero attached hydrogens (tertiary/aromatic N) is 4. The lowest BCUT2D eigenvalue weighted by Gasteiger charge is -2.31. The Bertz CT molecular complexity index is 924. The van der Waals surface area contributed by atoms with Gasteiger partial charge in [-0.05, 0) is 44.0 Å². The number of piperidine rings is 1. The number of carbonyl (C=O) groups excluding carboxylic acids is 1. The van der Waals surface area contributed by atoms with Crippen LogP contribution >= 0.6 is 0 Å². The highest BCUT2D eigenvalue weighted by Crippen LogP contribution is 2.29. The molecule has 2 aromatic heterocycles. The first-order valence-electron chi connectivity index (χ1n) is 9.37. The number of rotatable bonds is 3. The van der Waals surface area contributed by atoms with Crippen molar-refractivity contribution in [2.45, 2.75) is 39.0 Å². The normalized spacial score (nSPS) is 15.5. The third-order valence-electron chi connectivity index (χ3n) is 5.31. The van der Waals surface area contributed by atoms with Crippen LogP contribution in [0.5, 0.6) is 0 Å². The number of fused-ring (bicyclic) bond motifs is 1. The van der Waals surface area contributed by atoms with Gasteiger partial charge in [-0.3, -0.25) is 4.79 Å². The fraction of sp³-hybridized carbons (Fsp3) is 0.381. The minimum Gasteiger partial charge on any atom is -0.343 e. The van der Waals surface area contributed by atoms with Gasteiger partial charge in [0.05, 0.1) is 11.4 Å². The molecule has 0 aliphatic carbocycles. The van der Waals surface area contributed by atoms with Gasteiger partial charge in [-0.2, -0.15) is 5.10 Å². The molecule has 1 saturated heterocycles. The van der Waals surface area contributed by atoms with E-state index in [4.69, 9.17) is 10.1 Å². The predicted molar refractivity (Wildman–Crippen MR) is 102 cm³/mol. The Labute approximate surface area is 153 Å². The molecule has 26 heavy (non-hydrogen) atoms. The van der Waals surface area contributed by atoms with Crippen LogP contribution in [0.3, 0.4) is 0 Å². The van der Waals surface area contributed by atoms with Crippen molar-refractivity contribution in [3.63, 3.8) is 0 Å². The molecule has 1 aliphatic heterocycles. The van der Waals surface area contributed by atoms with Gasteiger partial charge in [0.1, 0.15) is 0 Å². The van der Waals surface area contributed by atoms with Crippen molar-refractivity contribution < 1.29 is 4.79 Å². The van der Waals surface area contributed by atoms with Gasteiger partial charge in [-0.25, -0.2) is 9.67 Å². The van der Waals surface area contributed by atoms with Crippen molar-refractivity contribution in [2.24, 2.45) is 0 Å². The van der Waals surface area contributed by atoms with Crippen molar-refractivity contribution in [2.75, 3.05) is 13.1 Å². The monoisotopic (exact) mass is 348 g/mol. The standard InChI is InChI=1S/C21H24N4O/c1-3-20(26)24-13-11-16(12-14-24)19-10-9-18-15(2)23-25(21(18)22-19)17-7-5-4-6-8-17/h4-10,16H,3,11-14H2,1-2H3. The Morgan fingerprint density at radius 2 is 1.85 bits per heavy atom. The number of aryl methyl sites for hydroxylation is 1. The molecule has 0 unspecified atom stereocenters. The van der Waals surface area contributed by atoms with Gasteiger partial charge < -0.3 is 4.90 Å². The van der Waals surface area contributed by atoms with Crippen molar-refractivity contribution in [1.82, 2.24) is 19.7 Å². The number of pyridine rings is 1. The zero-order valence-corrected chi connectivity index (χ0v) is 15.4. The van der Waals surface area contributed by atoms with Crippen LogP contribution in [0.4, 0.5) is 0 Å². The number of aromatic nitrogens is 3. The Morgan fingerprint density at radius 3 is 2.54 bits per heavy atom. The number of hydrogen-bond acceptors (Lipinski definition) is 3. The van der Waals surface area contributed by atoms with E-state index in [0.29, 0.717) is 12.3 Å². The molecule has 0 saturated carbocycles. The summed E-state index contributed by atoms with van der Waals surface area (Å²) < 4.78 is 1.93. The van der Waals surface area contributed by atoms with Crippen LogP contribution < -0.4 is 0 Å². The van der Waals surface area contributed by atoms with E-state index in [1.54, 1.807) is 0 Å². The van der Waals surface area contributed by atoms with Gasteiger partial charge in [-0.15, -0.1) is 0 Å². The Morgan fingerprint density at radius 1 is 1.12 bits per heavy atom. The fourth-order valence-corrected chi connectivity index (χ4v) is 3.78. The lowest BCUT2D eigenvalue weighted by atomic mass is 9.92. The molecule has 134 valence electrons. The molecule has 1 fully saturated rings. The molecular weight excluding hydrogens is 324 g/mol. The van der Waals surface area contributed by atoms with Gasteiger partial charge in [0.2, 0.25) is 5.91 Å². The topological polar surface area (TPSA) is 51.0 Å². The number of para-hydroxylation sites is 1. The van der Waals surface area contributed by atoms with Crippen molar-refractivity contribution in [3.05, 3.63) is 53.9 Å². The molecule has 0 radical (unpaired) electrons. The van der Waals surface area contributed by atoms with E-state index in [2.05, 4.69) is 24.3 Å².